The molecule has 0 saturated heterocycles. The molecule has 0 aliphatic heterocycles. The minimum absolute atomic E-state index is 0.283. The Kier molecular flexibility index (Phi) is 5.60. The molecule has 90 valence electrons. The second kappa shape index (κ2) is 6.74. The highest BCUT2D eigenvalue weighted by Gasteiger charge is 2.07. The molecule has 0 fully saturated rings. The summed E-state index contributed by atoms with van der Waals surface area (Å²) in [6, 6.07) is 6.10. The van der Waals surface area contributed by atoms with Crippen LogP contribution in [0.5, 0.6) is 5.75 Å². The van der Waals surface area contributed by atoms with Crippen molar-refractivity contribution < 1.29 is 9.47 Å². The van der Waals surface area contributed by atoms with Crippen molar-refractivity contribution in [2.24, 2.45) is 0 Å². The predicted octanol–water partition coefficient (Wildman–Crippen LogP) is 2.65. The molecule has 0 saturated carbocycles. The quantitative estimate of drug-likeness (QED) is 0.780. The van der Waals surface area contributed by atoms with Crippen LogP contribution >= 0.6 is 11.6 Å². The number of hydrogen-bond donors (Lipinski definition) is 1. The normalized spacial score (nSPS) is 12.5. The Balaban J connectivity index is 2.67. The number of halogens is 1. The van der Waals surface area contributed by atoms with E-state index in [2.05, 4.69) is 12.2 Å². The minimum Gasteiger partial charge on any atom is -0.490 e. The van der Waals surface area contributed by atoms with E-state index in [0.717, 1.165) is 5.56 Å². The molecular weight excluding hydrogens is 226 g/mol. The van der Waals surface area contributed by atoms with Gasteiger partial charge in [-0.3, -0.25) is 0 Å². The first-order chi connectivity index (χ1) is 7.69. The summed E-state index contributed by atoms with van der Waals surface area (Å²) in [5.41, 5.74) is 1.14. The number of methoxy groups -OCH3 is 1. The largest absolute Gasteiger partial charge is 0.490 e. The summed E-state index contributed by atoms with van der Waals surface area (Å²) in [7, 11) is 3.56. The van der Waals surface area contributed by atoms with Crippen molar-refractivity contribution in [1.29, 1.82) is 0 Å². The Morgan fingerprint density at radius 2 is 2.12 bits per heavy atom. The molecule has 0 aliphatic carbocycles. The van der Waals surface area contributed by atoms with Gasteiger partial charge in [0.25, 0.3) is 0 Å². The fourth-order valence-corrected chi connectivity index (χ4v) is 1.55. The molecule has 0 heterocycles. The smallest absolute Gasteiger partial charge is 0.138 e. The van der Waals surface area contributed by atoms with E-state index in [0.29, 0.717) is 24.0 Å². The van der Waals surface area contributed by atoms with Crippen LogP contribution in [0.2, 0.25) is 5.02 Å². The highest BCUT2D eigenvalue weighted by molar-refractivity contribution is 6.32. The van der Waals surface area contributed by atoms with Crippen molar-refractivity contribution in [1.82, 2.24) is 5.32 Å². The highest BCUT2D eigenvalue weighted by atomic mass is 35.5. The van der Waals surface area contributed by atoms with E-state index in [9.17, 15) is 0 Å². The highest BCUT2D eigenvalue weighted by Crippen LogP contribution is 2.27. The molecule has 0 aromatic heterocycles. The molecule has 0 amide bonds. The van der Waals surface area contributed by atoms with E-state index < -0.39 is 0 Å². The summed E-state index contributed by atoms with van der Waals surface area (Å²) in [5.74, 6) is 0.700. The van der Waals surface area contributed by atoms with Gasteiger partial charge in [0.1, 0.15) is 12.4 Å². The van der Waals surface area contributed by atoms with Crippen molar-refractivity contribution in [3.8, 4) is 5.75 Å². The minimum atomic E-state index is 0.283. The van der Waals surface area contributed by atoms with Gasteiger partial charge in [-0.1, -0.05) is 17.7 Å². The molecule has 3 nitrogen and oxygen atoms in total. The van der Waals surface area contributed by atoms with Crippen LogP contribution in [0.1, 0.15) is 18.5 Å². The molecule has 0 aliphatic rings. The van der Waals surface area contributed by atoms with Crippen LogP contribution in [0.25, 0.3) is 0 Å². The van der Waals surface area contributed by atoms with Gasteiger partial charge in [-0.05, 0) is 31.7 Å². The van der Waals surface area contributed by atoms with Gasteiger partial charge in [-0.15, -0.1) is 0 Å². The van der Waals surface area contributed by atoms with Crippen LogP contribution < -0.4 is 10.1 Å². The van der Waals surface area contributed by atoms with Crippen molar-refractivity contribution in [3.63, 3.8) is 0 Å². The summed E-state index contributed by atoms with van der Waals surface area (Å²) in [6.45, 7) is 3.15. The molecule has 1 unspecified atom stereocenters. The Hall–Kier alpha value is -0.770. The predicted molar refractivity (Wildman–Crippen MR) is 66.3 cm³/mol. The summed E-state index contributed by atoms with van der Waals surface area (Å²) >= 11 is 6.12. The summed E-state index contributed by atoms with van der Waals surface area (Å²) in [6.07, 6.45) is 0. The third-order valence-corrected chi connectivity index (χ3v) is 2.73. The van der Waals surface area contributed by atoms with Gasteiger partial charge in [-0.2, -0.15) is 0 Å². The van der Waals surface area contributed by atoms with Gasteiger partial charge in [0.15, 0.2) is 0 Å². The van der Waals surface area contributed by atoms with E-state index >= 15 is 0 Å². The number of benzene rings is 1. The zero-order valence-corrected chi connectivity index (χ0v) is 10.7. The molecule has 1 aromatic carbocycles. The standard InChI is InChI=1S/C12H18ClNO2/c1-9(14-2)10-4-5-12(11(13)8-10)16-7-6-15-3/h4-5,8-9,14H,6-7H2,1-3H3. The Morgan fingerprint density at radius 3 is 2.69 bits per heavy atom. The molecule has 1 N–H and O–H groups in total. The molecule has 1 rings (SSSR count). The first-order valence-electron chi connectivity index (χ1n) is 5.27. The average molecular weight is 244 g/mol. The zero-order valence-electron chi connectivity index (χ0n) is 9.92. The summed E-state index contributed by atoms with van der Waals surface area (Å²) < 4.78 is 10.4. The molecule has 0 spiro atoms. The average Bonchev–Trinajstić information content (AvgIpc) is 2.30. The molecule has 16 heavy (non-hydrogen) atoms. The fourth-order valence-electron chi connectivity index (χ4n) is 1.31. The van der Waals surface area contributed by atoms with E-state index in [4.69, 9.17) is 21.1 Å². The third-order valence-electron chi connectivity index (χ3n) is 2.43. The number of ether oxygens (including phenoxy) is 2. The van der Waals surface area contributed by atoms with Crippen LogP contribution in [0.3, 0.4) is 0 Å². The lowest BCUT2D eigenvalue weighted by molar-refractivity contribution is 0.146. The number of nitrogens with one attached hydrogen (secondary N) is 1. The van der Waals surface area contributed by atoms with Crippen molar-refractivity contribution in [2.45, 2.75) is 13.0 Å². The van der Waals surface area contributed by atoms with Gasteiger partial charge in [0.05, 0.1) is 11.6 Å². The maximum absolute atomic E-state index is 6.12. The van der Waals surface area contributed by atoms with Gasteiger partial charge in [-0.25, -0.2) is 0 Å². The molecule has 0 radical (unpaired) electrons. The second-order valence-corrected chi connectivity index (χ2v) is 3.95. The monoisotopic (exact) mass is 243 g/mol. The Labute approximate surface area is 102 Å². The molecule has 0 bridgehead atoms. The number of hydrogen-bond acceptors (Lipinski definition) is 3. The van der Waals surface area contributed by atoms with E-state index in [1.54, 1.807) is 7.11 Å². The fraction of sp³-hybridized carbons (Fsp3) is 0.500. The van der Waals surface area contributed by atoms with Crippen LogP contribution in [0.15, 0.2) is 18.2 Å². The summed E-state index contributed by atoms with van der Waals surface area (Å²) in [4.78, 5) is 0. The molecule has 1 aromatic rings. The molecule has 4 heteroatoms. The van der Waals surface area contributed by atoms with Gasteiger partial charge in [0, 0.05) is 13.2 Å². The Morgan fingerprint density at radius 1 is 1.38 bits per heavy atom. The maximum Gasteiger partial charge on any atom is 0.138 e. The van der Waals surface area contributed by atoms with E-state index in [-0.39, 0.29) is 6.04 Å². The molecule has 1 atom stereocenters. The van der Waals surface area contributed by atoms with Crippen LogP contribution in [0.4, 0.5) is 0 Å². The lowest BCUT2D eigenvalue weighted by atomic mass is 10.1. The van der Waals surface area contributed by atoms with Crippen LogP contribution in [0, 0.1) is 0 Å². The topological polar surface area (TPSA) is 30.5 Å². The first kappa shape index (κ1) is 13.3. The van der Waals surface area contributed by atoms with Gasteiger partial charge >= 0.3 is 0 Å². The maximum atomic E-state index is 6.12. The van der Waals surface area contributed by atoms with E-state index in [1.165, 1.54) is 0 Å². The van der Waals surface area contributed by atoms with Crippen molar-refractivity contribution in [3.05, 3.63) is 28.8 Å². The summed E-state index contributed by atoms with van der Waals surface area (Å²) in [5, 5.41) is 3.80. The first-order valence-corrected chi connectivity index (χ1v) is 5.65. The molecular formula is C12H18ClNO2. The lowest BCUT2D eigenvalue weighted by Crippen LogP contribution is -2.12. The zero-order chi connectivity index (χ0) is 12.0. The van der Waals surface area contributed by atoms with Gasteiger partial charge in [0.2, 0.25) is 0 Å². The number of rotatable bonds is 6. The van der Waals surface area contributed by atoms with E-state index in [1.807, 2.05) is 25.2 Å². The van der Waals surface area contributed by atoms with Gasteiger partial charge < -0.3 is 14.8 Å². The SMILES string of the molecule is CNC(C)c1ccc(OCCOC)c(Cl)c1. The van der Waals surface area contributed by atoms with Crippen LogP contribution in [-0.4, -0.2) is 27.4 Å². The van der Waals surface area contributed by atoms with Crippen molar-refractivity contribution in [2.75, 3.05) is 27.4 Å². The Bertz CT molecular complexity index is 331. The van der Waals surface area contributed by atoms with Crippen LogP contribution in [-0.2, 0) is 4.74 Å². The third kappa shape index (κ3) is 3.67. The van der Waals surface area contributed by atoms with Crippen molar-refractivity contribution >= 4 is 11.6 Å². The second-order valence-electron chi connectivity index (χ2n) is 3.54. The lowest BCUT2D eigenvalue weighted by Gasteiger charge is -2.13.